The van der Waals surface area contributed by atoms with Gasteiger partial charge in [-0.15, -0.1) is 0 Å². The average Bonchev–Trinajstić information content (AvgIpc) is 3.40. The summed E-state index contributed by atoms with van der Waals surface area (Å²) in [6.07, 6.45) is 2.11. The highest BCUT2D eigenvalue weighted by Gasteiger charge is 2.30. The number of benzene rings is 1. The van der Waals surface area contributed by atoms with E-state index in [4.69, 9.17) is 0 Å². The highest BCUT2D eigenvalue weighted by atomic mass is 32.2. The molecule has 0 atom stereocenters. The fourth-order valence-corrected chi connectivity index (χ4v) is 6.78. The van der Waals surface area contributed by atoms with Crippen LogP contribution in [0.4, 0.5) is 18.9 Å². The van der Waals surface area contributed by atoms with Crippen LogP contribution in [-0.2, 0) is 40.5 Å². The average molecular weight is 488 g/mol. The van der Waals surface area contributed by atoms with Gasteiger partial charge in [0.05, 0.1) is 18.7 Å². The molecule has 2 aliphatic carbocycles. The molecule has 0 spiro atoms. The van der Waals surface area contributed by atoms with Crippen molar-refractivity contribution in [2.75, 3.05) is 37.2 Å². The Labute approximate surface area is 193 Å². The topological polar surface area (TPSA) is 78.5 Å². The number of aryl methyl sites for hydroxylation is 2. The van der Waals surface area contributed by atoms with Crippen LogP contribution >= 0.6 is 0 Å². The number of rotatable bonds is 8. The largest absolute Gasteiger partial charge is 0.390 e. The zero-order chi connectivity index (χ0) is 23.6. The molecule has 2 N–H and O–H groups in total. The van der Waals surface area contributed by atoms with E-state index in [1.54, 1.807) is 4.90 Å². The Hall–Kier alpha value is -1.65. The normalized spacial score (nSPS) is 19.5. The van der Waals surface area contributed by atoms with Gasteiger partial charge in [0.15, 0.2) is 0 Å². The van der Waals surface area contributed by atoms with Gasteiger partial charge in [-0.05, 0) is 92.6 Å². The van der Waals surface area contributed by atoms with Crippen molar-refractivity contribution in [2.45, 2.75) is 64.0 Å². The number of carbonyl (C=O) groups excluding carboxylic acids is 1. The van der Waals surface area contributed by atoms with E-state index >= 15 is 0 Å². The second-order valence-electron chi connectivity index (χ2n) is 9.53. The number of carbonyl (C=O) groups is 1. The van der Waals surface area contributed by atoms with Crippen LogP contribution in [0.5, 0.6) is 0 Å². The molecule has 184 valence electrons. The molecule has 33 heavy (non-hydrogen) atoms. The summed E-state index contributed by atoms with van der Waals surface area (Å²) in [6, 6.07) is 2.28. The Morgan fingerprint density at radius 2 is 1.64 bits per heavy atom. The van der Waals surface area contributed by atoms with Crippen LogP contribution in [0.1, 0.15) is 54.4 Å². The van der Waals surface area contributed by atoms with E-state index in [0.717, 1.165) is 44.2 Å². The van der Waals surface area contributed by atoms with Crippen LogP contribution in [0.2, 0.25) is 0 Å². The number of nitrogens with one attached hydrogen (secondary N) is 2. The number of halogens is 3. The van der Waals surface area contributed by atoms with E-state index in [9.17, 15) is 26.4 Å². The SMILES string of the molecule is O=C(CNS(=O)(=O)CC1CCN(CCC(F)(F)F)CC1)Nc1c2c(cc3c1CCC3)CCC2. The summed E-state index contributed by atoms with van der Waals surface area (Å²) < 4.78 is 64.6. The first-order valence-corrected chi connectivity index (χ1v) is 13.5. The van der Waals surface area contributed by atoms with Crippen LogP contribution in [0.3, 0.4) is 0 Å². The van der Waals surface area contributed by atoms with Crippen molar-refractivity contribution in [3.05, 3.63) is 28.3 Å². The number of anilines is 1. The van der Waals surface area contributed by atoms with E-state index in [-0.39, 0.29) is 30.7 Å². The molecule has 0 aromatic heterocycles. The molecule has 1 aliphatic heterocycles. The third-order valence-corrected chi connectivity index (χ3v) is 8.56. The minimum Gasteiger partial charge on any atom is -0.324 e. The first-order chi connectivity index (χ1) is 15.6. The first kappa shape index (κ1) is 24.5. The molecule has 3 aliphatic rings. The van der Waals surface area contributed by atoms with Crippen LogP contribution in [0.15, 0.2) is 6.07 Å². The zero-order valence-electron chi connectivity index (χ0n) is 18.8. The molecule has 4 rings (SSSR count). The smallest absolute Gasteiger partial charge is 0.324 e. The number of likely N-dealkylation sites (tertiary alicyclic amines) is 1. The number of hydrogen-bond acceptors (Lipinski definition) is 4. The van der Waals surface area contributed by atoms with E-state index in [1.165, 1.54) is 22.3 Å². The summed E-state index contributed by atoms with van der Waals surface area (Å²) in [7, 11) is -3.65. The van der Waals surface area contributed by atoms with Crippen molar-refractivity contribution in [1.82, 2.24) is 9.62 Å². The van der Waals surface area contributed by atoms with Crippen molar-refractivity contribution in [1.29, 1.82) is 0 Å². The van der Waals surface area contributed by atoms with E-state index in [0.29, 0.717) is 25.9 Å². The van der Waals surface area contributed by atoms with Gasteiger partial charge >= 0.3 is 6.18 Å². The van der Waals surface area contributed by atoms with Gasteiger partial charge in [0.2, 0.25) is 15.9 Å². The number of amides is 1. The fraction of sp³-hybridized carbons (Fsp3) is 0.696. The van der Waals surface area contributed by atoms with Crippen molar-refractivity contribution in [3.63, 3.8) is 0 Å². The van der Waals surface area contributed by atoms with Crippen LogP contribution < -0.4 is 10.0 Å². The fourth-order valence-electron chi connectivity index (χ4n) is 5.36. The second kappa shape index (κ2) is 9.92. The van der Waals surface area contributed by atoms with Crippen molar-refractivity contribution < 1.29 is 26.4 Å². The highest BCUT2D eigenvalue weighted by molar-refractivity contribution is 7.89. The molecule has 1 saturated heterocycles. The summed E-state index contributed by atoms with van der Waals surface area (Å²) in [5.41, 5.74) is 5.89. The highest BCUT2D eigenvalue weighted by Crippen LogP contribution is 2.38. The molecule has 1 aromatic rings. The van der Waals surface area contributed by atoms with Crippen molar-refractivity contribution in [3.8, 4) is 0 Å². The van der Waals surface area contributed by atoms with Gasteiger partial charge in [-0.1, -0.05) is 6.07 Å². The lowest BCUT2D eigenvalue weighted by atomic mass is 9.98. The summed E-state index contributed by atoms with van der Waals surface area (Å²) in [4.78, 5) is 14.3. The predicted octanol–water partition coefficient (Wildman–Crippen LogP) is 3.19. The summed E-state index contributed by atoms with van der Waals surface area (Å²) in [6.45, 7) is 0.557. The Morgan fingerprint density at radius 3 is 2.21 bits per heavy atom. The standard InChI is InChI=1S/C23H32F3N3O3S/c24-23(25,26)9-12-29-10-7-16(8-11-29)15-33(31,32)27-14-21(30)28-22-19-5-1-3-17(19)13-18-4-2-6-20(18)22/h13,16,27H,1-12,14-15H2,(H,28,30). The van der Waals surface area contributed by atoms with Crippen molar-refractivity contribution in [2.24, 2.45) is 5.92 Å². The van der Waals surface area contributed by atoms with Gasteiger partial charge < -0.3 is 10.2 Å². The third kappa shape index (κ3) is 6.48. The minimum absolute atomic E-state index is 0.0473. The van der Waals surface area contributed by atoms with Gasteiger partial charge in [-0.25, -0.2) is 13.1 Å². The molecule has 1 amide bonds. The molecule has 1 heterocycles. The Morgan fingerprint density at radius 1 is 1.03 bits per heavy atom. The quantitative estimate of drug-likeness (QED) is 0.591. The Balaban J connectivity index is 1.26. The lowest BCUT2D eigenvalue weighted by Crippen LogP contribution is -2.41. The molecule has 0 unspecified atom stereocenters. The maximum atomic E-state index is 12.6. The van der Waals surface area contributed by atoms with Gasteiger partial charge in [0, 0.05) is 12.2 Å². The van der Waals surface area contributed by atoms with Crippen molar-refractivity contribution >= 4 is 21.6 Å². The van der Waals surface area contributed by atoms with E-state index in [2.05, 4.69) is 16.1 Å². The number of fused-ring (bicyclic) bond motifs is 2. The Kier molecular flexibility index (Phi) is 7.35. The lowest BCUT2D eigenvalue weighted by molar-refractivity contribution is -0.138. The summed E-state index contributed by atoms with van der Waals surface area (Å²) in [5.74, 6) is -0.591. The van der Waals surface area contributed by atoms with E-state index in [1.807, 2.05) is 0 Å². The van der Waals surface area contributed by atoms with Gasteiger partial charge in [-0.2, -0.15) is 13.2 Å². The van der Waals surface area contributed by atoms with Gasteiger partial charge in [0.25, 0.3) is 0 Å². The molecule has 0 radical (unpaired) electrons. The number of nitrogens with zero attached hydrogens (tertiary/aromatic N) is 1. The minimum atomic E-state index is -4.18. The van der Waals surface area contributed by atoms with Crippen LogP contribution in [-0.4, -0.2) is 57.3 Å². The molecule has 0 saturated carbocycles. The molecule has 0 bridgehead atoms. The first-order valence-electron chi connectivity index (χ1n) is 11.8. The van der Waals surface area contributed by atoms with Crippen LogP contribution in [0, 0.1) is 5.92 Å². The number of hydrogen-bond donors (Lipinski definition) is 2. The predicted molar refractivity (Wildman–Crippen MR) is 121 cm³/mol. The maximum absolute atomic E-state index is 12.6. The molecule has 1 aromatic carbocycles. The van der Waals surface area contributed by atoms with E-state index < -0.39 is 22.6 Å². The summed E-state index contributed by atoms with van der Waals surface area (Å²) in [5, 5.41) is 2.99. The molecule has 1 fully saturated rings. The van der Waals surface area contributed by atoms with Gasteiger partial charge in [-0.3, -0.25) is 4.79 Å². The summed E-state index contributed by atoms with van der Waals surface area (Å²) >= 11 is 0. The second-order valence-corrected chi connectivity index (χ2v) is 11.4. The maximum Gasteiger partial charge on any atom is 0.390 e. The number of sulfonamides is 1. The van der Waals surface area contributed by atoms with Gasteiger partial charge in [0.1, 0.15) is 0 Å². The third-order valence-electron chi connectivity index (χ3n) is 7.06. The zero-order valence-corrected chi connectivity index (χ0v) is 19.6. The number of alkyl halides is 3. The lowest BCUT2D eigenvalue weighted by Gasteiger charge is -2.31. The monoisotopic (exact) mass is 487 g/mol. The van der Waals surface area contributed by atoms with Crippen LogP contribution in [0.25, 0.3) is 0 Å². The molecular formula is C23H32F3N3O3S. The molecule has 10 heteroatoms. The Bertz CT molecular complexity index is 955. The molecule has 6 nitrogen and oxygen atoms in total. The number of piperidine rings is 1. The molecular weight excluding hydrogens is 455 g/mol.